The van der Waals surface area contributed by atoms with Crippen LogP contribution < -0.4 is 0 Å². The smallest absolute Gasteiger partial charge is 0.345 e. The first-order chi connectivity index (χ1) is 12.1. The van der Waals surface area contributed by atoms with Gasteiger partial charge in [-0.15, -0.1) is 0 Å². The highest BCUT2D eigenvalue weighted by Gasteiger charge is 2.71. The van der Waals surface area contributed by atoms with Crippen molar-refractivity contribution in [3.63, 3.8) is 0 Å². The SMILES string of the molecule is CCOC(=O)[C@]1(O)C[C@H](C(OC)OC)C[C@](O)(C(=O)OCC)[C@H]1[N+](=O)[O-]. The van der Waals surface area contributed by atoms with E-state index in [1.54, 1.807) is 0 Å². The molecule has 2 N–H and O–H groups in total. The second kappa shape index (κ2) is 8.71. The third-order valence-corrected chi connectivity index (χ3v) is 4.37. The van der Waals surface area contributed by atoms with Crippen molar-refractivity contribution in [3.8, 4) is 0 Å². The average Bonchev–Trinajstić information content (AvgIpc) is 2.55. The van der Waals surface area contributed by atoms with Gasteiger partial charge in [0.2, 0.25) is 11.2 Å². The van der Waals surface area contributed by atoms with Gasteiger partial charge in [-0.3, -0.25) is 10.1 Å². The van der Waals surface area contributed by atoms with E-state index in [2.05, 4.69) is 0 Å². The Morgan fingerprint density at radius 2 is 1.46 bits per heavy atom. The molecule has 0 heterocycles. The van der Waals surface area contributed by atoms with Crippen LogP contribution in [-0.2, 0) is 28.5 Å². The van der Waals surface area contributed by atoms with E-state index in [0.29, 0.717) is 0 Å². The van der Waals surface area contributed by atoms with Gasteiger partial charge < -0.3 is 29.2 Å². The molecule has 0 radical (unpaired) electrons. The molecule has 11 heteroatoms. The number of ether oxygens (including phenoxy) is 4. The van der Waals surface area contributed by atoms with Crippen LogP contribution in [0.4, 0.5) is 0 Å². The van der Waals surface area contributed by atoms with Crippen molar-refractivity contribution in [2.45, 2.75) is 50.2 Å². The molecule has 0 saturated heterocycles. The van der Waals surface area contributed by atoms with Crippen molar-refractivity contribution in [3.05, 3.63) is 10.1 Å². The van der Waals surface area contributed by atoms with Gasteiger partial charge in [0, 0.05) is 37.9 Å². The van der Waals surface area contributed by atoms with Crippen LogP contribution in [0, 0.1) is 16.0 Å². The molecule has 0 amide bonds. The van der Waals surface area contributed by atoms with E-state index >= 15 is 0 Å². The monoisotopic (exact) mass is 379 g/mol. The van der Waals surface area contributed by atoms with Crippen LogP contribution in [0.3, 0.4) is 0 Å². The predicted octanol–water partition coefficient (Wildman–Crippen LogP) is -0.751. The molecule has 0 bridgehead atoms. The lowest BCUT2D eigenvalue weighted by atomic mass is 9.66. The van der Waals surface area contributed by atoms with Gasteiger partial charge >= 0.3 is 11.9 Å². The summed E-state index contributed by atoms with van der Waals surface area (Å²) in [5.74, 6) is -3.56. The van der Waals surface area contributed by atoms with E-state index in [-0.39, 0.29) is 13.2 Å². The number of rotatable bonds is 8. The maximum absolute atomic E-state index is 12.3. The van der Waals surface area contributed by atoms with E-state index in [0.717, 1.165) is 0 Å². The molecule has 0 aromatic carbocycles. The number of esters is 2. The molecule has 0 aromatic rings. The maximum atomic E-state index is 12.3. The number of nitro groups is 1. The predicted molar refractivity (Wildman–Crippen MR) is 84.5 cm³/mol. The molecule has 150 valence electrons. The normalized spacial score (nSPS) is 31.5. The zero-order valence-electron chi connectivity index (χ0n) is 15.2. The zero-order valence-corrected chi connectivity index (χ0v) is 15.2. The Kier molecular flexibility index (Phi) is 7.45. The number of aliphatic hydroxyl groups is 2. The lowest BCUT2D eigenvalue weighted by Crippen LogP contribution is -2.72. The topological polar surface area (TPSA) is 155 Å². The molecule has 1 aliphatic carbocycles. The van der Waals surface area contributed by atoms with Gasteiger partial charge in [0.15, 0.2) is 6.29 Å². The molecular weight excluding hydrogens is 354 g/mol. The first kappa shape index (κ1) is 22.2. The van der Waals surface area contributed by atoms with Crippen LogP contribution in [0.2, 0.25) is 0 Å². The lowest BCUT2D eigenvalue weighted by molar-refractivity contribution is -0.567. The summed E-state index contributed by atoms with van der Waals surface area (Å²) in [5.41, 5.74) is -5.56. The first-order valence-corrected chi connectivity index (χ1v) is 8.10. The summed E-state index contributed by atoms with van der Waals surface area (Å²) in [7, 11) is 2.56. The molecule has 1 fully saturated rings. The van der Waals surface area contributed by atoms with Crippen LogP contribution in [-0.4, -0.2) is 78.0 Å². The Balaban J connectivity index is 3.51. The van der Waals surface area contributed by atoms with Gasteiger partial charge in [0.05, 0.1) is 13.2 Å². The summed E-state index contributed by atoms with van der Waals surface area (Å²) in [4.78, 5) is 35.2. The zero-order chi connectivity index (χ0) is 20.1. The Bertz CT molecular complexity index is 503. The Morgan fingerprint density at radius 1 is 1.08 bits per heavy atom. The Hall–Kier alpha value is -1.82. The van der Waals surface area contributed by atoms with Crippen LogP contribution in [0.1, 0.15) is 26.7 Å². The fourth-order valence-electron chi connectivity index (χ4n) is 3.41. The molecule has 4 atom stereocenters. The highest BCUT2D eigenvalue weighted by molar-refractivity contribution is 5.86. The fraction of sp³-hybridized carbons (Fsp3) is 0.867. The maximum Gasteiger partial charge on any atom is 0.345 e. The van der Waals surface area contributed by atoms with Gasteiger partial charge in [0.25, 0.3) is 6.04 Å². The van der Waals surface area contributed by atoms with E-state index in [1.165, 1.54) is 28.1 Å². The Labute approximate surface area is 150 Å². The van der Waals surface area contributed by atoms with Crippen molar-refractivity contribution < 1.29 is 43.7 Å². The second-order valence-corrected chi connectivity index (χ2v) is 5.99. The molecule has 11 nitrogen and oxygen atoms in total. The minimum Gasteiger partial charge on any atom is -0.464 e. The molecule has 0 unspecified atom stereocenters. The summed E-state index contributed by atoms with van der Waals surface area (Å²) in [6, 6.07) is -2.38. The minimum absolute atomic E-state index is 0.161. The van der Waals surface area contributed by atoms with E-state index in [1.807, 2.05) is 0 Å². The second-order valence-electron chi connectivity index (χ2n) is 5.99. The highest BCUT2D eigenvalue weighted by Crippen LogP contribution is 2.44. The summed E-state index contributed by atoms with van der Waals surface area (Å²) in [6.07, 6.45) is -2.05. The van der Waals surface area contributed by atoms with E-state index < -0.39 is 59.2 Å². The first-order valence-electron chi connectivity index (χ1n) is 8.10. The number of methoxy groups -OCH3 is 2. The highest BCUT2D eigenvalue weighted by atomic mass is 16.7. The van der Waals surface area contributed by atoms with Crippen LogP contribution in [0.5, 0.6) is 0 Å². The summed E-state index contributed by atoms with van der Waals surface area (Å²) in [5, 5.41) is 33.4. The number of hydrogen-bond donors (Lipinski definition) is 2. The number of carbonyl (C=O) groups excluding carboxylic acids is 2. The van der Waals surface area contributed by atoms with Crippen molar-refractivity contribution in [2.75, 3.05) is 27.4 Å². The summed E-state index contributed by atoms with van der Waals surface area (Å²) < 4.78 is 19.7. The molecule has 0 spiro atoms. The Morgan fingerprint density at radius 3 is 1.73 bits per heavy atom. The molecule has 0 aromatic heterocycles. The van der Waals surface area contributed by atoms with Gasteiger partial charge in [-0.05, 0) is 13.8 Å². The van der Waals surface area contributed by atoms with Crippen molar-refractivity contribution in [1.29, 1.82) is 0 Å². The van der Waals surface area contributed by atoms with Gasteiger partial charge in [-0.25, -0.2) is 9.59 Å². The fourth-order valence-corrected chi connectivity index (χ4v) is 3.41. The third kappa shape index (κ3) is 3.95. The quantitative estimate of drug-likeness (QED) is 0.238. The molecule has 1 saturated carbocycles. The van der Waals surface area contributed by atoms with Crippen LogP contribution in [0.25, 0.3) is 0 Å². The van der Waals surface area contributed by atoms with Crippen LogP contribution >= 0.6 is 0 Å². The average molecular weight is 379 g/mol. The molecule has 1 aliphatic rings. The number of nitrogens with zero attached hydrogens (tertiary/aromatic N) is 1. The standard InChI is InChI=1S/C15H25NO10/c1-5-25-12(17)14(19)7-9(10(23-3)24-4)8-15(20,11(14)16(21)22)13(18)26-6-2/h9-11,19-20H,5-8H2,1-4H3/t9-,11-,14-,15+. The molecule has 0 aliphatic heterocycles. The van der Waals surface area contributed by atoms with Gasteiger partial charge in [-0.2, -0.15) is 0 Å². The lowest BCUT2D eigenvalue weighted by Gasteiger charge is -2.45. The third-order valence-electron chi connectivity index (χ3n) is 4.37. The number of carbonyl (C=O) groups is 2. The minimum atomic E-state index is -2.78. The number of hydrogen-bond acceptors (Lipinski definition) is 10. The molecule has 26 heavy (non-hydrogen) atoms. The molecule has 1 rings (SSSR count). The summed E-state index contributed by atoms with van der Waals surface area (Å²) in [6.45, 7) is 2.58. The largest absolute Gasteiger partial charge is 0.464 e. The van der Waals surface area contributed by atoms with Crippen molar-refractivity contribution in [1.82, 2.24) is 0 Å². The van der Waals surface area contributed by atoms with E-state index in [9.17, 15) is 29.9 Å². The van der Waals surface area contributed by atoms with Gasteiger partial charge in [0.1, 0.15) is 0 Å². The van der Waals surface area contributed by atoms with Crippen LogP contribution in [0.15, 0.2) is 0 Å². The van der Waals surface area contributed by atoms with E-state index in [4.69, 9.17) is 18.9 Å². The summed E-state index contributed by atoms with van der Waals surface area (Å²) >= 11 is 0. The van der Waals surface area contributed by atoms with Crippen molar-refractivity contribution >= 4 is 11.9 Å². The molecular formula is C15H25NO10. The van der Waals surface area contributed by atoms with Crippen molar-refractivity contribution in [2.24, 2.45) is 5.92 Å². The van der Waals surface area contributed by atoms with Gasteiger partial charge in [-0.1, -0.05) is 0 Å².